The van der Waals surface area contributed by atoms with Gasteiger partial charge in [-0.05, 0) is 0 Å². The Morgan fingerprint density at radius 2 is 2.42 bits per heavy atom. The van der Waals surface area contributed by atoms with Crippen LogP contribution in [0.5, 0.6) is 6.01 Å². The number of aliphatic hydroxyl groups is 1. The van der Waals surface area contributed by atoms with Crippen LogP contribution in [0, 0.1) is 0 Å². The molecule has 0 spiro atoms. The molecule has 0 amide bonds. The summed E-state index contributed by atoms with van der Waals surface area (Å²) in [6.45, 7) is 1.47. The molecule has 2 aliphatic heterocycles. The first-order valence-corrected chi connectivity index (χ1v) is 6.77. The Morgan fingerprint density at radius 1 is 1.63 bits per heavy atom. The predicted molar refractivity (Wildman–Crippen MR) is 66.0 cm³/mol. The molecular weight excluding hydrogens is 272 g/mol. The van der Waals surface area contributed by atoms with Crippen molar-refractivity contribution in [2.45, 2.75) is 31.5 Å². The zero-order valence-corrected chi connectivity index (χ0v) is 10.9. The number of nitrogens with zero attached hydrogens (tertiary/aromatic N) is 2. The van der Waals surface area contributed by atoms with E-state index in [4.69, 9.17) is 9.47 Å². The molecule has 1 aromatic rings. The fourth-order valence-corrected chi connectivity index (χ4v) is 2.88. The fraction of sp³-hybridized carbons (Fsp3) is 0.545. The SMILES string of the molecule is CC(=O)SC[C@H]1O[C@@H]2[C@@H](Oc3nc(=O)ccn32)[C@@H]1O. The molecule has 0 aromatic carbocycles. The van der Waals surface area contributed by atoms with Crippen LogP contribution in [0.1, 0.15) is 13.2 Å². The van der Waals surface area contributed by atoms with Gasteiger partial charge in [0.05, 0.1) is 6.10 Å². The number of rotatable bonds is 2. The van der Waals surface area contributed by atoms with Gasteiger partial charge in [-0.15, -0.1) is 0 Å². The molecule has 2 aliphatic rings. The summed E-state index contributed by atoms with van der Waals surface area (Å²) in [7, 11) is 0. The highest BCUT2D eigenvalue weighted by atomic mass is 32.2. The van der Waals surface area contributed by atoms with Gasteiger partial charge in [0.15, 0.2) is 17.4 Å². The van der Waals surface area contributed by atoms with E-state index in [1.807, 2.05) is 0 Å². The smallest absolute Gasteiger partial charge is 0.302 e. The van der Waals surface area contributed by atoms with Crippen molar-refractivity contribution in [3.8, 4) is 6.01 Å². The van der Waals surface area contributed by atoms with Gasteiger partial charge in [-0.1, -0.05) is 11.8 Å². The third-order valence-corrected chi connectivity index (χ3v) is 3.99. The van der Waals surface area contributed by atoms with Gasteiger partial charge in [0.2, 0.25) is 0 Å². The lowest BCUT2D eigenvalue weighted by atomic mass is 10.1. The average molecular weight is 284 g/mol. The van der Waals surface area contributed by atoms with Crippen molar-refractivity contribution in [3.63, 3.8) is 0 Å². The second-order valence-electron chi connectivity index (χ2n) is 4.40. The first-order valence-electron chi connectivity index (χ1n) is 5.79. The molecule has 0 bridgehead atoms. The highest BCUT2D eigenvalue weighted by Gasteiger charge is 2.50. The van der Waals surface area contributed by atoms with Crippen LogP contribution in [0.15, 0.2) is 17.1 Å². The molecule has 0 aliphatic carbocycles. The van der Waals surface area contributed by atoms with Crippen molar-refractivity contribution in [3.05, 3.63) is 22.6 Å². The van der Waals surface area contributed by atoms with E-state index in [2.05, 4.69) is 4.98 Å². The van der Waals surface area contributed by atoms with Gasteiger partial charge < -0.3 is 14.6 Å². The lowest BCUT2D eigenvalue weighted by Gasteiger charge is -2.15. The molecular formula is C11H12N2O5S. The number of carbonyl (C=O) groups excluding carboxylic acids is 1. The zero-order chi connectivity index (χ0) is 13.6. The standard InChI is InChI=1S/C11H12N2O5S/c1-5(14)19-4-6-8(16)9-10(17-6)13-3-2-7(15)12-11(13)18-9/h2-3,6,8-10,16H,4H2,1H3/t6-,8-,9+,10-/m1/s1. The number of fused-ring (bicyclic) bond motifs is 3. The molecule has 0 radical (unpaired) electrons. The average Bonchev–Trinajstić information content (AvgIpc) is 2.84. The molecule has 3 rings (SSSR count). The highest BCUT2D eigenvalue weighted by molar-refractivity contribution is 8.13. The van der Waals surface area contributed by atoms with Crippen molar-refractivity contribution in [2.24, 2.45) is 0 Å². The molecule has 0 unspecified atom stereocenters. The molecule has 19 heavy (non-hydrogen) atoms. The highest BCUT2D eigenvalue weighted by Crippen LogP contribution is 2.39. The minimum atomic E-state index is -0.853. The van der Waals surface area contributed by atoms with E-state index >= 15 is 0 Å². The first kappa shape index (κ1) is 12.6. The number of carbonyl (C=O) groups is 1. The summed E-state index contributed by atoms with van der Waals surface area (Å²) < 4.78 is 12.7. The van der Waals surface area contributed by atoms with Gasteiger partial charge in [-0.2, -0.15) is 4.98 Å². The molecule has 7 nitrogen and oxygen atoms in total. The number of hydrogen-bond acceptors (Lipinski definition) is 7. The van der Waals surface area contributed by atoms with Crippen LogP contribution < -0.4 is 10.3 Å². The largest absolute Gasteiger partial charge is 0.453 e. The van der Waals surface area contributed by atoms with Crippen molar-refractivity contribution in [2.75, 3.05) is 5.75 Å². The first-order chi connectivity index (χ1) is 9.06. The van der Waals surface area contributed by atoms with Crippen LogP contribution in [0.25, 0.3) is 0 Å². The van der Waals surface area contributed by atoms with E-state index in [0.29, 0.717) is 5.75 Å². The Labute approximate surface area is 112 Å². The Morgan fingerprint density at radius 3 is 3.16 bits per heavy atom. The van der Waals surface area contributed by atoms with E-state index in [1.54, 1.807) is 4.57 Å². The summed E-state index contributed by atoms with van der Waals surface area (Å²) in [5, 5.41) is 10.1. The summed E-state index contributed by atoms with van der Waals surface area (Å²) in [5.74, 6) is 0.371. The summed E-state index contributed by atoms with van der Waals surface area (Å²) in [6, 6.07) is 1.46. The minimum absolute atomic E-state index is 0.0282. The molecule has 102 valence electrons. The van der Waals surface area contributed by atoms with E-state index < -0.39 is 30.1 Å². The predicted octanol–water partition coefficient (Wildman–Crippen LogP) is -0.458. The van der Waals surface area contributed by atoms with E-state index in [9.17, 15) is 14.7 Å². The van der Waals surface area contributed by atoms with Crippen molar-refractivity contribution >= 4 is 16.9 Å². The maximum absolute atomic E-state index is 11.1. The summed E-state index contributed by atoms with van der Waals surface area (Å²) in [5.41, 5.74) is -0.399. The molecule has 1 aromatic heterocycles. The van der Waals surface area contributed by atoms with Gasteiger partial charge in [-0.25, -0.2) is 0 Å². The third-order valence-electron chi connectivity index (χ3n) is 3.08. The topological polar surface area (TPSA) is 90.7 Å². The van der Waals surface area contributed by atoms with Gasteiger partial charge >= 0.3 is 6.01 Å². The van der Waals surface area contributed by atoms with Gasteiger partial charge in [0, 0.05) is 24.9 Å². The number of hydrogen-bond donors (Lipinski definition) is 1. The Bertz CT molecular complexity index is 574. The Hall–Kier alpha value is -1.38. The molecule has 0 saturated carbocycles. The van der Waals surface area contributed by atoms with Crippen molar-refractivity contribution < 1.29 is 19.4 Å². The third kappa shape index (κ3) is 2.15. The van der Waals surface area contributed by atoms with Crippen molar-refractivity contribution in [1.29, 1.82) is 0 Å². The van der Waals surface area contributed by atoms with E-state index in [1.165, 1.54) is 19.2 Å². The fourth-order valence-electron chi connectivity index (χ4n) is 2.21. The van der Waals surface area contributed by atoms with Crippen LogP contribution in [0.2, 0.25) is 0 Å². The van der Waals surface area contributed by atoms with Crippen LogP contribution in [-0.4, -0.2) is 43.8 Å². The quantitative estimate of drug-likeness (QED) is 0.786. The van der Waals surface area contributed by atoms with Crippen LogP contribution in [0.3, 0.4) is 0 Å². The monoisotopic (exact) mass is 284 g/mol. The number of ether oxygens (including phenoxy) is 2. The van der Waals surface area contributed by atoms with Crippen molar-refractivity contribution in [1.82, 2.24) is 9.55 Å². The maximum atomic E-state index is 11.1. The number of aromatic nitrogens is 2. The second-order valence-corrected chi connectivity index (χ2v) is 5.59. The van der Waals surface area contributed by atoms with Gasteiger partial charge in [0.1, 0.15) is 6.10 Å². The summed E-state index contributed by atoms with van der Waals surface area (Å²) in [6.07, 6.45) is -0.893. The van der Waals surface area contributed by atoms with E-state index in [0.717, 1.165) is 11.8 Å². The molecule has 8 heteroatoms. The summed E-state index contributed by atoms with van der Waals surface area (Å²) in [4.78, 5) is 25.8. The molecule has 3 heterocycles. The van der Waals surface area contributed by atoms with Crippen LogP contribution in [-0.2, 0) is 9.53 Å². The maximum Gasteiger partial charge on any atom is 0.302 e. The van der Waals surface area contributed by atoms with Crippen LogP contribution in [0.4, 0.5) is 0 Å². The van der Waals surface area contributed by atoms with Crippen LogP contribution >= 0.6 is 11.8 Å². The molecule has 1 fully saturated rings. The molecule has 4 atom stereocenters. The zero-order valence-electron chi connectivity index (χ0n) is 10.1. The normalized spacial score (nSPS) is 31.7. The number of thioether (sulfide) groups is 1. The lowest BCUT2D eigenvalue weighted by Crippen LogP contribution is -2.34. The summed E-state index contributed by atoms with van der Waals surface area (Å²) >= 11 is 1.10. The second kappa shape index (κ2) is 4.62. The molecule has 1 saturated heterocycles. The molecule has 1 N–H and O–H groups in total. The Balaban J connectivity index is 1.79. The minimum Gasteiger partial charge on any atom is -0.453 e. The van der Waals surface area contributed by atoms with Gasteiger partial charge in [0.25, 0.3) is 5.56 Å². The lowest BCUT2D eigenvalue weighted by molar-refractivity contribution is -0.109. The number of aliphatic hydroxyl groups excluding tert-OH is 1. The van der Waals surface area contributed by atoms with Gasteiger partial charge in [-0.3, -0.25) is 14.2 Å². The van der Waals surface area contributed by atoms with E-state index in [-0.39, 0.29) is 11.1 Å². The Kier molecular flexibility index (Phi) is 3.08.